The maximum absolute atomic E-state index is 13.3. The lowest BCUT2D eigenvalue weighted by Gasteiger charge is -2.36. The molecule has 1 saturated heterocycles. The van der Waals surface area contributed by atoms with Gasteiger partial charge in [0.1, 0.15) is 5.82 Å². The van der Waals surface area contributed by atoms with Crippen LogP contribution in [0.4, 0.5) is 4.39 Å². The van der Waals surface area contributed by atoms with Gasteiger partial charge in [0, 0.05) is 24.5 Å². The number of benzene rings is 1. The molecule has 1 aliphatic rings. The van der Waals surface area contributed by atoms with Crippen molar-refractivity contribution in [3.63, 3.8) is 0 Å². The molecule has 0 radical (unpaired) electrons. The summed E-state index contributed by atoms with van der Waals surface area (Å²) in [5.41, 5.74) is -0.242. The number of nitrogens with one attached hydrogen (secondary N) is 1. The normalized spacial score (nSPS) is 17.5. The van der Waals surface area contributed by atoms with Gasteiger partial charge in [-0.25, -0.2) is 12.8 Å². The third kappa shape index (κ3) is 5.91. The minimum atomic E-state index is -3.76. The molecule has 1 fully saturated rings. The highest BCUT2D eigenvalue weighted by molar-refractivity contribution is 7.89. The van der Waals surface area contributed by atoms with Crippen molar-refractivity contribution in [3.05, 3.63) is 29.0 Å². The van der Waals surface area contributed by atoms with Crippen LogP contribution < -0.4 is 5.32 Å². The number of amides is 1. The van der Waals surface area contributed by atoms with Crippen LogP contribution in [0.1, 0.15) is 53.9 Å². The number of rotatable bonds is 5. The van der Waals surface area contributed by atoms with Gasteiger partial charge in [0.15, 0.2) is 0 Å². The van der Waals surface area contributed by atoms with Gasteiger partial charge in [-0.1, -0.05) is 32.4 Å². The Kier molecular flexibility index (Phi) is 6.83. The van der Waals surface area contributed by atoms with Crippen LogP contribution in [0.3, 0.4) is 0 Å². The van der Waals surface area contributed by atoms with E-state index in [1.54, 1.807) is 0 Å². The molecule has 1 aromatic carbocycles. The largest absolute Gasteiger partial charge is 0.351 e. The standard InChI is InChI=1S/C20H30ClFN2O3S/c1-19(2,3)13-20(4,5)23-18(25)14-8-10-24(11-9-14)28(26,27)15-6-7-17(22)16(21)12-15/h6-7,12,14H,8-11,13H2,1-5H3,(H,23,25). The Bertz CT molecular complexity index is 826. The summed E-state index contributed by atoms with van der Waals surface area (Å²) >= 11 is 5.72. The van der Waals surface area contributed by atoms with E-state index in [0.717, 1.165) is 18.6 Å². The van der Waals surface area contributed by atoms with E-state index in [-0.39, 0.29) is 45.8 Å². The van der Waals surface area contributed by atoms with Gasteiger partial charge >= 0.3 is 0 Å². The first-order valence-electron chi connectivity index (χ1n) is 9.48. The highest BCUT2D eigenvalue weighted by atomic mass is 35.5. The molecule has 0 unspecified atom stereocenters. The second-order valence-electron chi connectivity index (χ2n) is 9.36. The Morgan fingerprint density at radius 3 is 2.29 bits per heavy atom. The smallest absolute Gasteiger partial charge is 0.243 e. The number of hydrogen-bond donors (Lipinski definition) is 1. The lowest BCUT2D eigenvalue weighted by molar-refractivity contribution is -0.128. The van der Waals surface area contributed by atoms with Crippen LogP contribution in [-0.2, 0) is 14.8 Å². The fourth-order valence-electron chi connectivity index (χ4n) is 3.95. The van der Waals surface area contributed by atoms with Crippen LogP contribution in [0.15, 0.2) is 23.1 Å². The molecule has 0 spiro atoms. The van der Waals surface area contributed by atoms with E-state index in [1.165, 1.54) is 10.4 Å². The Hall–Kier alpha value is -1.18. The summed E-state index contributed by atoms with van der Waals surface area (Å²) in [5, 5.41) is 2.89. The summed E-state index contributed by atoms with van der Waals surface area (Å²) in [6.07, 6.45) is 1.74. The fraction of sp³-hybridized carbons (Fsp3) is 0.650. The van der Waals surface area contributed by atoms with E-state index in [2.05, 4.69) is 26.1 Å². The zero-order valence-corrected chi connectivity index (χ0v) is 18.8. The van der Waals surface area contributed by atoms with E-state index in [9.17, 15) is 17.6 Å². The summed E-state index contributed by atoms with van der Waals surface area (Å²) in [7, 11) is -3.76. The molecular weight excluding hydrogens is 403 g/mol. The molecular formula is C20H30ClFN2O3S. The van der Waals surface area contributed by atoms with Crippen LogP contribution in [0, 0.1) is 17.2 Å². The van der Waals surface area contributed by atoms with Crippen LogP contribution in [-0.4, -0.2) is 37.3 Å². The number of carbonyl (C=O) groups is 1. The molecule has 1 amide bonds. The van der Waals surface area contributed by atoms with Crippen LogP contribution in [0.5, 0.6) is 0 Å². The van der Waals surface area contributed by atoms with E-state index in [4.69, 9.17) is 11.6 Å². The topological polar surface area (TPSA) is 66.5 Å². The molecule has 5 nitrogen and oxygen atoms in total. The molecule has 1 N–H and O–H groups in total. The molecule has 0 aliphatic carbocycles. The van der Waals surface area contributed by atoms with Gasteiger partial charge < -0.3 is 5.32 Å². The minimum Gasteiger partial charge on any atom is -0.351 e. The maximum atomic E-state index is 13.3. The summed E-state index contributed by atoms with van der Waals surface area (Å²) in [6.45, 7) is 10.9. The lowest BCUT2D eigenvalue weighted by atomic mass is 9.81. The average Bonchev–Trinajstić information content (AvgIpc) is 2.54. The molecule has 0 bridgehead atoms. The van der Waals surface area contributed by atoms with Crippen molar-refractivity contribution in [1.29, 1.82) is 0 Å². The summed E-state index contributed by atoms with van der Waals surface area (Å²) in [4.78, 5) is 12.6. The van der Waals surface area contributed by atoms with Crippen molar-refractivity contribution in [1.82, 2.24) is 9.62 Å². The predicted molar refractivity (Wildman–Crippen MR) is 109 cm³/mol. The van der Waals surface area contributed by atoms with Gasteiger partial charge in [-0.05, 0) is 56.7 Å². The Morgan fingerprint density at radius 2 is 1.79 bits per heavy atom. The number of sulfonamides is 1. The van der Waals surface area contributed by atoms with E-state index >= 15 is 0 Å². The van der Waals surface area contributed by atoms with Gasteiger partial charge in [-0.15, -0.1) is 0 Å². The van der Waals surface area contributed by atoms with Crippen LogP contribution in [0.25, 0.3) is 0 Å². The van der Waals surface area contributed by atoms with Crippen molar-refractivity contribution >= 4 is 27.5 Å². The fourth-order valence-corrected chi connectivity index (χ4v) is 5.69. The summed E-state index contributed by atoms with van der Waals surface area (Å²) in [5.74, 6) is -0.910. The van der Waals surface area contributed by atoms with Gasteiger partial charge in [-0.2, -0.15) is 4.31 Å². The first-order valence-corrected chi connectivity index (χ1v) is 11.3. The van der Waals surface area contributed by atoms with Crippen molar-refractivity contribution in [2.75, 3.05) is 13.1 Å². The molecule has 1 heterocycles. The molecule has 1 aliphatic heterocycles. The lowest BCUT2D eigenvalue weighted by Crippen LogP contribution is -2.50. The van der Waals surface area contributed by atoms with Crippen molar-refractivity contribution in [3.8, 4) is 0 Å². The second kappa shape index (κ2) is 8.28. The van der Waals surface area contributed by atoms with Gasteiger partial charge in [0.05, 0.1) is 9.92 Å². The summed E-state index contributed by atoms with van der Waals surface area (Å²) < 4.78 is 40.2. The molecule has 0 saturated carbocycles. The molecule has 0 aromatic heterocycles. The highest BCUT2D eigenvalue weighted by Gasteiger charge is 2.35. The number of carbonyl (C=O) groups excluding carboxylic acids is 1. The maximum Gasteiger partial charge on any atom is 0.243 e. The van der Waals surface area contributed by atoms with Gasteiger partial charge in [-0.3, -0.25) is 4.79 Å². The number of hydrogen-bond acceptors (Lipinski definition) is 3. The SMILES string of the molecule is CC(C)(C)CC(C)(C)NC(=O)C1CCN(S(=O)(=O)c2ccc(F)c(Cl)c2)CC1. The van der Waals surface area contributed by atoms with E-state index in [1.807, 2.05) is 13.8 Å². The zero-order valence-electron chi connectivity index (χ0n) is 17.2. The second-order valence-corrected chi connectivity index (χ2v) is 11.7. The van der Waals surface area contributed by atoms with Gasteiger partial charge in [0.25, 0.3) is 0 Å². The number of halogens is 2. The third-order valence-corrected chi connectivity index (χ3v) is 6.97. The minimum absolute atomic E-state index is 0.0314. The highest BCUT2D eigenvalue weighted by Crippen LogP contribution is 2.29. The third-order valence-electron chi connectivity index (χ3n) is 4.79. The van der Waals surface area contributed by atoms with Crippen molar-refractivity contribution in [2.24, 2.45) is 11.3 Å². The van der Waals surface area contributed by atoms with E-state index < -0.39 is 15.8 Å². The van der Waals surface area contributed by atoms with E-state index in [0.29, 0.717) is 12.8 Å². The van der Waals surface area contributed by atoms with Crippen molar-refractivity contribution in [2.45, 2.75) is 64.3 Å². The Morgan fingerprint density at radius 1 is 1.21 bits per heavy atom. The Balaban J connectivity index is 2.00. The van der Waals surface area contributed by atoms with Crippen molar-refractivity contribution < 1.29 is 17.6 Å². The first-order chi connectivity index (χ1) is 12.7. The summed E-state index contributed by atoms with van der Waals surface area (Å²) in [6, 6.07) is 3.39. The van der Waals surface area contributed by atoms with Crippen LogP contribution >= 0.6 is 11.6 Å². The number of nitrogens with zero attached hydrogens (tertiary/aromatic N) is 1. The Labute approximate surface area is 172 Å². The molecule has 1 aromatic rings. The van der Waals surface area contributed by atoms with Crippen LogP contribution in [0.2, 0.25) is 5.02 Å². The molecule has 0 atom stereocenters. The molecule has 2 rings (SSSR count). The molecule has 28 heavy (non-hydrogen) atoms. The zero-order chi connectivity index (χ0) is 21.3. The predicted octanol–water partition coefficient (Wildman–Crippen LogP) is 4.21. The average molecular weight is 433 g/mol. The number of piperidine rings is 1. The quantitative estimate of drug-likeness (QED) is 0.757. The molecule has 158 valence electrons. The monoisotopic (exact) mass is 432 g/mol. The van der Waals surface area contributed by atoms with Gasteiger partial charge in [0.2, 0.25) is 15.9 Å². The first kappa shape index (κ1) is 23.1. The molecule has 8 heteroatoms.